The average Bonchev–Trinajstić information content (AvgIpc) is 2.97. The second kappa shape index (κ2) is 7.82. The van der Waals surface area contributed by atoms with E-state index in [0.717, 1.165) is 19.4 Å². The van der Waals surface area contributed by atoms with Crippen LogP contribution in [0.3, 0.4) is 0 Å². The molecule has 2 rings (SSSR count). The molecule has 1 aromatic rings. The second-order valence-electron chi connectivity index (χ2n) is 5.55. The minimum Gasteiger partial charge on any atom is -0.466 e. The largest absolute Gasteiger partial charge is 0.466 e. The number of carbonyl (C=O) groups is 2. The van der Waals surface area contributed by atoms with Crippen molar-refractivity contribution in [2.24, 2.45) is 0 Å². The summed E-state index contributed by atoms with van der Waals surface area (Å²) in [5.74, 6) is -0.278. The maximum Gasteiger partial charge on any atom is 0.317 e. The molecule has 1 aromatic carbocycles. The molecule has 0 spiro atoms. The quantitative estimate of drug-likeness (QED) is 0.851. The fraction of sp³-hybridized carbons (Fsp3) is 0.529. The molecule has 0 saturated carbocycles. The summed E-state index contributed by atoms with van der Waals surface area (Å²) in [6.07, 6.45) is 2.20. The summed E-state index contributed by atoms with van der Waals surface area (Å²) in [5, 5.41) is 2.81. The third kappa shape index (κ3) is 4.23. The molecular formula is C17H24N2O3. The van der Waals surface area contributed by atoms with E-state index in [2.05, 4.69) is 30.4 Å². The lowest BCUT2D eigenvalue weighted by atomic mass is 10.0. The van der Waals surface area contributed by atoms with Crippen LogP contribution in [0.15, 0.2) is 24.3 Å². The molecule has 1 heterocycles. The van der Waals surface area contributed by atoms with Gasteiger partial charge in [-0.2, -0.15) is 0 Å². The number of esters is 1. The maximum atomic E-state index is 12.3. The topological polar surface area (TPSA) is 58.6 Å². The lowest BCUT2D eigenvalue weighted by Crippen LogP contribution is -2.40. The molecule has 2 amide bonds. The lowest BCUT2D eigenvalue weighted by molar-refractivity contribution is -0.142. The van der Waals surface area contributed by atoms with Crippen LogP contribution in [0.2, 0.25) is 0 Å². The maximum absolute atomic E-state index is 12.3. The number of nitrogens with zero attached hydrogens (tertiary/aromatic N) is 1. The highest BCUT2D eigenvalue weighted by Crippen LogP contribution is 2.32. The van der Waals surface area contributed by atoms with Crippen molar-refractivity contribution >= 4 is 12.0 Å². The summed E-state index contributed by atoms with van der Waals surface area (Å²) in [6, 6.07) is 8.31. The van der Waals surface area contributed by atoms with Crippen molar-refractivity contribution in [1.82, 2.24) is 10.2 Å². The van der Waals surface area contributed by atoms with Gasteiger partial charge in [0, 0.05) is 13.1 Å². The van der Waals surface area contributed by atoms with Gasteiger partial charge in [-0.15, -0.1) is 0 Å². The highest BCUT2D eigenvalue weighted by molar-refractivity contribution is 5.76. The van der Waals surface area contributed by atoms with Crippen LogP contribution in [0.5, 0.6) is 0 Å². The molecule has 1 fully saturated rings. The van der Waals surface area contributed by atoms with E-state index in [9.17, 15) is 9.59 Å². The Morgan fingerprint density at radius 2 is 2.23 bits per heavy atom. The highest BCUT2D eigenvalue weighted by Gasteiger charge is 2.29. The van der Waals surface area contributed by atoms with E-state index >= 15 is 0 Å². The molecule has 1 N–H and O–H groups in total. The summed E-state index contributed by atoms with van der Waals surface area (Å²) >= 11 is 0. The Balaban J connectivity index is 1.90. The van der Waals surface area contributed by atoms with E-state index in [0.29, 0.717) is 13.2 Å². The molecule has 22 heavy (non-hydrogen) atoms. The fourth-order valence-corrected chi connectivity index (χ4v) is 2.84. The van der Waals surface area contributed by atoms with Gasteiger partial charge in [0.1, 0.15) is 0 Å². The monoisotopic (exact) mass is 304 g/mol. The van der Waals surface area contributed by atoms with Gasteiger partial charge in [0.15, 0.2) is 0 Å². The molecule has 0 radical (unpaired) electrons. The Labute approximate surface area is 131 Å². The number of urea groups is 1. The Bertz CT molecular complexity index is 530. The number of benzene rings is 1. The smallest absolute Gasteiger partial charge is 0.317 e. The molecule has 1 unspecified atom stereocenters. The van der Waals surface area contributed by atoms with Crippen LogP contribution in [0.25, 0.3) is 0 Å². The molecule has 0 bridgehead atoms. The first-order valence-corrected chi connectivity index (χ1v) is 7.88. The van der Waals surface area contributed by atoms with E-state index in [-0.39, 0.29) is 24.5 Å². The van der Waals surface area contributed by atoms with Crippen molar-refractivity contribution in [2.45, 2.75) is 39.2 Å². The van der Waals surface area contributed by atoms with Crippen molar-refractivity contribution in [1.29, 1.82) is 0 Å². The van der Waals surface area contributed by atoms with Crippen LogP contribution in [-0.4, -0.2) is 36.6 Å². The molecule has 1 aliphatic rings. The number of hydrogen-bond acceptors (Lipinski definition) is 3. The van der Waals surface area contributed by atoms with Crippen LogP contribution in [0.4, 0.5) is 4.79 Å². The molecule has 0 aliphatic carbocycles. The molecule has 1 aliphatic heterocycles. The van der Waals surface area contributed by atoms with Crippen molar-refractivity contribution < 1.29 is 14.3 Å². The summed E-state index contributed by atoms with van der Waals surface area (Å²) in [7, 11) is 0. The third-order valence-electron chi connectivity index (χ3n) is 3.85. The Hall–Kier alpha value is -2.04. The lowest BCUT2D eigenvalue weighted by Gasteiger charge is -2.25. The minimum absolute atomic E-state index is 0.103. The number of ether oxygens (including phenoxy) is 1. The molecule has 120 valence electrons. The van der Waals surface area contributed by atoms with Crippen LogP contribution in [0, 0.1) is 6.92 Å². The minimum atomic E-state index is -0.278. The predicted molar refractivity (Wildman–Crippen MR) is 84.5 cm³/mol. The zero-order chi connectivity index (χ0) is 15.9. The normalized spacial score (nSPS) is 17.4. The van der Waals surface area contributed by atoms with E-state index < -0.39 is 0 Å². The molecular weight excluding hydrogens is 280 g/mol. The van der Waals surface area contributed by atoms with Crippen molar-refractivity contribution in [3.8, 4) is 0 Å². The van der Waals surface area contributed by atoms with Gasteiger partial charge in [-0.1, -0.05) is 29.8 Å². The van der Waals surface area contributed by atoms with Gasteiger partial charge in [0.2, 0.25) is 0 Å². The zero-order valence-electron chi connectivity index (χ0n) is 13.3. The molecule has 5 nitrogen and oxygen atoms in total. The first-order valence-electron chi connectivity index (χ1n) is 7.88. The highest BCUT2D eigenvalue weighted by atomic mass is 16.5. The first kappa shape index (κ1) is 16.3. The van der Waals surface area contributed by atoms with E-state index in [4.69, 9.17) is 4.74 Å². The number of aryl methyl sites for hydroxylation is 1. The van der Waals surface area contributed by atoms with E-state index in [1.54, 1.807) is 6.92 Å². The Morgan fingerprint density at radius 3 is 2.95 bits per heavy atom. The van der Waals surface area contributed by atoms with Crippen molar-refractivity contribution in [3.63, 3.8) is 0 Å². The van der Waals surface area contributed by atoms with Crippen LogP contribution < -0.4 is 5.32 Å². The fourth-order valence-electron chi connectivity index (χ4n) is 2.84. The van der Waals surface area contributed by atoms with E-state index in [1.807, 2.05) is 11.0 Å². The molecule has 5 heteroatoms. The average molecular weight is 304 g/mol. The van der Waals surface area contributed by atoms with Gasteiger partial charge in [0.25, 0.3) is 0 Å². The van der Waals surface area contributed by atoms with E-state index in [1.165, 1.54) is 11.1 Å². The summed E-state index contributed by atoms with van der Waals surface area (Å²) in [4.78, 5) is 25.5. The second-order valence-corrected chi connectivity index (χ2v) is 5.55. The number of carbonyl (C=O) groups excluding carboxylic acids is 2. The van der Waals surface area contributed by atoms with Gasteiger partial charge in [0.05, 0.1) is 19.1 Å². The number of rotatable bonds is 5. The number of amides is 2. The van der Waals surface area contributed by atoms with Gasteiger partial charge in [-0.3, -0.25) is 4.79 Å². The number of hydrogen-bond donors (Lipinski definition) is 1. The predicted octanol–water partition coefficient (Wildman–Crippen LogP) is 2.79. The third-order valence-corrected chi connectivity index (χ3v) is 3.85. The Kier molecular flexibility index (Phi) is 5.81. The van der Waals surface area contributed by atoms with Crippen LogP contribution in [-0.2, 0) is 9.53 Å². The first-order chi connectivity index (χ1) is 10.6. The standard InChI is InChI=1S/C17H24N2O3/c1-3-22-16(20)9-10-18-17(21)19-11-5-8-15(19)14-7-4-6-13(2)12-14/h4,6-7,12,15H,3,5,8-11H2,1-2H3,(H,18,21). The van der Waals surface area contributed by atoms with Gasteiger partial charge in [-0.25, -0.2) is 4.79 Å². The number of likely N-dealkylation sites (tertiary alicyclic amines) is 1. The summed E-state index contributed by atoms with van der Waals surface area (Å²) < 4.78 is 4.85. The van der Waals surface area contributed by atoms with Gasteiger partial charge in [-0.05, 0) is 32.3 Å². The molecule has 0 aromatic heterocycles. The van der Waals surface area contributed by atoms with Gasteiger partial charge < -0.3 is 15.0 Å². The van der Waals surface area contributed by atoms with Crippen LogP contribution in [0.1, 0.15) is 43.4 Å². The van der Waals surface area contributed by atoms with Crippen LogP contribution >= 0.6 is 0 Å². The summed E-state index contributed by atoms with van der Waals surface area (Å²) in [6.45, 7) is 5.27. The van der Waals surface area contributed by atoms with Crippen molar-refractivity contribution in [2.75, 3.05) is 19.7 Å². The summed E-state index contributed by atoms with van der Waals surface area (Å²) in [5.41, 5.74) is 2.38. The molecule has 1 atom stereocenters. The zero-order valence-corrected chi connectivity index (χ0v) is 13.3. The van der Waals surface area contributed by atoms with Gasteiger partial charge >= 0.3 is 12.0 Å². The number of nitrogens with one attached hydrogen (secondary N) is 1. The SMILES string of the molecule is CCOC(=O)CCNC(=O)N1CCCC1c1cccc(C)c1. The Morgan fingerprint density at radius 1 is 1.41 bits per heavy atom. The molecule has 1 saturated heterocycles. The van der Waals surface area contributed by atoms with Crippen molar-refractivity contribution in [3.05, 3.63) is 35.4 Å².